The Labute approximate surface area is 152 Å². The van der Waals surface area contributed by atoms with Crippen LogP contribution in [0.15, 0.2) is 34.9 Å². The molecule has 2 aromatic heterocycles. The van der Waals surface area contributed by atoms with Gasteiger partial charge in [0.25, 0.3) is 5.91 Å². The molecule has 25 heavy (non-hydrogen) atoms. The summed E-state index contributed by atoms with van der Waals surface area (Å²) >= 11 is 7.63. The minimum absolute atomic E-state index is 0.336. The van der Waals surface area contributed by atoms with E-state index in [4.69, 9.17) is 25.5 Å². The quantitative estimate of drug-likeness (QED) is 0.733. The summed E-state index contributed by atoms with van der Waals surface area (Å²) in [4.78, 5) is 17.8. The number of carbonyl (C=O) groups excluding carboxylic acids is 1. The minimum Gasteiger partial charge on any atom is -0.486 e. The van der Waals surface area contributed by atoms with E-state index in [2.05, 4.69) is 10.3 Å². The molecule has 0 fully saturated rings. The molecule has 1 amide bonds. The number of hydrogen-bond acceptors (Lipinski definition) is 6. The van der Waals surface area contributed by atoms with Crippen LogP contribution in [-0.4, -0.2) is 24.1 Å². The first-order chi connectivity index (χ1) is 12.1. The van der Waals surface area contributed by atoms with E-state index in [1.54, 1.807) is 30.5 Å². The van der Waals surface area contributed by atoms with Crippen LogP contribution in [-0.2, 0) is 0 Å². The number of nitrogens with one attached hydrogen (secondary N) is 1. The number of ether oxygens (including phenoxy) is 2. The molecule has 6 nitrogen and oxygen atoms in total. The van der Waals surface area contributed by atoms with Crippen LogP contribution in [0.5, 0.6) is 11.5 Å². The smallest absolute Gasteiger partial charge is 0.275 e. The van der Waals surface area contributed by atoms with Crippen molar-refractivity contribution in [2.24, 2.45) is 0 Å². The third-order valence-corrected chi connectivity index (χ3v) is 4.92. The Morgan fingerprint density at radius 1 is 1.28 bits per heavy atom. The number of benzene rings is 1. The second-order valence-electron chi connectivity index (χ2n) is 5.33. The molecule has 0 radical (unpaired) electrons. The third-order valence-electron chi connectivity index (χ3n) is 3.62. The minimum atomic E-state index is -0.342. The molecule has 128 valence electrons. The van der Waals surface area contributed by atoms with E-state index < -0.39 is 0 Å². The Morgan fingerprint density at radius 2 is 2.04 bits per heavy atom. The zero-order valence-corrected chi connectivity index (χ0v) is 14.7. The van der Waals surface area contributed by atoms with Gasteiger partial charge in [0.15, 0.2) is 22.3 Å². The molecule has 4 rings (SSSR count). The fourth-order valence-corrected chi connectivity index (χ4v) is 3.53. The van der Waals surface area contributed by atoms with Gasteiger partial charge in [-0.3, -0.25) is 4.79 Å². The highest BCUT2D eigenvalue weighted by atomic mass is 35.5. The van der Waals surface area contributed by atoms with E-state index in [1.807, 2.05) is 6.92 Å². The lowest BCUT2D eigenvalue weighted by atomic mass is 10.2. The lowest BCUT2D eigenvalue weighted by Crippen LogP contribution is -2.17. The van der Waals surface area contributed by atoms with Crippen molar-refractivity contribution in [3.05, 3.63) is 46.1 Å². The van der Waals surface area contributed by atoms with E-state index in [-0.39, 0.29) is 5.91 Å². The number of halogens is 1. The SMILES string of the molecule is Cc1sc(-c2ccco2)nc1C(=O)Nc1cc2c(cc1Cl)OCCO2. The molecular weight excluding hydrogens is 364 g/mol. The van der Waals surface area contributed by atoms with Gasteiger partial charge in [-0.25, -0.2) is 4.98 Å². The number of aromatic nitrogens is 1. The number of amides is 1. The van der Waals surface area contributed by atoms with Gasteiger partial charge in [-0.1, -0.05) is 11.6 Å². The maximum Gasteiger partial charge on any atom is 0.275 e. The van der Waals surface area contributed by atoms with Crippen molar-refractivity contribution in [1.29, 1.82) is 0 Å². The lowest BCUT2D eigenvalue weighted by Gasteiger charge is -2.19. The van der Waals surface area contributed by atoms with Crippen molar-refractivity contribution in [3.63, 3.8) is 0 Å². The van der Waals surface area contributed by atoms with Crippen LogP contribution in [0.4, 0.5) is 5.69 Å². The Bertz CT molecular complexity index is 937. The number of thiazole rings is 1. The first kappa shape index (κ1) is 16.0. The number of rotatable bonds is 3. The summed E-state index contributed by atoms with van der Waals surface area (Å²) in [5, 5.41) is 3.81. The highest BCUT2D eigenvalue weighted by Gasteiger charge is 2.20. The molecule has 0 atom stereocenters. The first-order valence-electron chi connectivity index (χ1n) is 7.53. The largest absolute Gasteiger partial charge is 0.486 e. The predicted molar refractivity (Wildman–Crippen MR) is 94.9 cm³/mol. The summed E-state index contributed by atoms with van der Waals surface area (Å²) in [6.07, 6.45) is 1.57. The monoisotopic (exact) mass is 376 g/mol. The molecule has 8 heteroatoms. The second-order valence-corrected chi connectivity index (χ2v) is 6.94. The van der Waals surface area contributed by atoms with E-state index in [0.29, 0.717) is 51.9 Å². The number of nitrogens with zero attached hydrogens (tertiary/aromatic N) is 1. The van der Waals surface area contributed by atoms with E-state index in [0.717, 1.165) is 4.88 Å². The summed E-state index contributed by atoms with van der Waals surface area (Å²) in [7, 11) is 0. The highest BCUT2D eigenvalue weighted by molar-refractivity contribution is 7.15. The molecular formula is C17H13ClN2O4S. The van der Waals surface area contributed by atoms with Crippen LogP contribution in [0.2, 0.25) is 5.02 Å². The molecule has 1 N–H and O–H groups in total. The molecule has 0 unspecified atom stereocenters. The van der Waals surface area contributed by atoms with Gasteiger partial charge in [0.05, 0.1) is 17.0 Å². The first-order valence-corrected chi connectivity index (χ1v) is 8.73. The molecule has 1 aromatic carbocycles. The summed E-state index contributed by atoms with van der Waals surface area (Å²) < 4.78 is 16.3. The summed E-state index contributed by atoms with van der Waals surface area (Å²) in [5.41, 5.74) is 0.783. The van der Waals surface area contributed by atoms with Gasteiger partial charge >= 0.3 is 0 Å². The molecule has 0 saturated heterocycles. The van der Waals surface area contributed by atoms with Gasteiger partial charge in [0, 0.05) is 17.0 Å². The number of carbonyl (C=O) groups is 1. The fraction of sp³-hybridized carbons (Fsp3) is 0.176. The Kier molecular flexibility index (Phi) is 4.10. The predicted octanol–water partition coefficient (Wildman–Crippen LogP) is 4.39. The van der Waals surface area contributed by atoms with E-state index in [1.165, 1.54) is 11.3 Å². The number of furan rings is 1. The maximum atomic E-state index is 12.6. The summed E-state index contributed by atoms with van der Waals surface area (Å²) in [5.74, 6) is 1.41. The van der Waals surface area contributed by atoms with Crippen molar-refractivity contribution in [2.75, 3.05) is 18.5 Å². The van der Waals surface area contributed by atoms with Crippen molar-refractivity contribution in [2.45, 2.75) is 6.92 Å². The summed E-state index contributed by atoms with van der Waals surface area (Å²) in [6, 6.07) is 6.87. The van der Waals surface area contributed by atoms with Crippen molar-refractivity contribution in [3.8, 4) is 22.3 Å². The van der Waals surface area contributed by atoms with Crippen LogP contribution in [0.1, 0.15) is 15.4 Å². The zero-order valence-electron chi connectivity index (χ0n) is 13.2. The van der Waals surface area contributed by atoms with Gasteiger partial charge in [0.1, 0.15) is 18.9 Å². The van der Waals surface area contributed by atoms with Crippen LogP contribution in [0.25, 0.3) is 10.8 Å². The van der Waals surface area contributed by atoms with Crippen molar-refractivity contribution < 1.29 is 18.7 Å². The number of hydrogen-bond donors (Lipinski definition) is 1. The van der Waals surface area contributed by atoms with Crippen LogP contribution >= 0.6 is 22.9 Å². The number of fused-ring (bicyclic) bond motifs is 1. The molecule has 1 aliphatic heterocycles. The average molecular weight is 377 g/mol. The van der Waals surface area contributed by atoms with Gasteiger partial charge in [0.2, 0.25) is 0 Å². The van der Waals surface area contributed by atoms with Crippen LogP contribution in [0, 0.1) is 6.92 Å². The van der Waals surface area contributed by atoms with Crippen LogP contribution in [0.3, 0.4) is 0 Å². The fourth-order valence-electron chi connectivity index (χ4n) is 2.45. The van der Waals surface area contributed by atoms with Crippen molar-refractivity contribution in [1.82, 2.24) is 4.98 Å². The standard InChI is InChI=1S/C17H13ClN2O4S/c1-9-15(20-17(25-9)12-3-2-4-22-12)16(21)19-11-8-14-13(7-10(11)18)23-5-6-24-14/h2-4,7-8H,5-6H2,1H3,(H,19,21). The normalized spacial score (nSPS) is 12.9. The Morgan fingerprint density at radius 3 is 2.76 bits per heavy atom. The topological polar surface area (TPSA) is 73.6 Å². The molecule has 0 spiro atoms. The van der Waals surface area contributed by atoms with Gasteiger partial charge in [-0.05, 0) is 19.1 Å². The molecule has 0 aliphatic carbocycles. The Hall–Kier alpha value is -2.51. The van der Waals surface area contributed by atoms with Gasteiger partial charge < -0.3 is 19.2 Å². The van der Waals surface area contributed by atoms with Crippen molar-refractivity contribution >= 4 is 34.5 Å². The molecule has 3 aromatic rings. The van der Waals surface area contributed by atoms with E-state index >= 15 is 0 Å². The summed E-state index contributed by atoms with van der Waals surface area (Å²) in [6.45, 7) is 2.77. The molecule has 0 bridgehead atoms. The van der Waals surface area contributed by atoms with Crippen LogP contribution < -0.4 is 14.8 Å². The third kappa shape index (κ3) is 3.08. The van der Waals surface area contributed by atoms with Gasteiger partial charge in [-0.15, -0.1) is 11.3 Å². The number of aryl methyl sites for hydroxylation is 1. The molecule has 1 aliphatic rings. The molecule has 3 heterocycles. The van der Waals surface area contributed by atoms with Gasteiger partial charge in [-0.2, -0.15) is 0 Å². The average Bonchev–Trinajstić information content (AvgIpc) is 3.25. The zero-order chi connectivity index (χ0) is 17.4. The second kappa shape index (κ2) is 6.42. The Balaban J connectivity index is 1.60. The molecule has 0 saturated carbocycles. The lowest BCUT2D eigenvalue weighted by molar-refractivity contribution is 0.102. The number of anilines is 1. The van der Waals surface area contributed by atoms with E-state index in [9.17, 15) is 4.79 Å². The maximum absolute atomic E-state index is 12.6. The highest BCUT2D eigenvalue weighted by Crippen LogP contribution is 2.38.